The third-order valence-electron chi connectivity index (χ3n) is 5.02. The van der Waals surface area contributed by atoms with E-state index >= 15 is 0 Å². The van der Waals surface area contributed by atoms with Crippen molar-refractivity contribution in [3.8, 4) is 0 Å². The third-order valence-corrected chi connectivity index (χ3v) is 6.32. The van der Waals surface area contributed by atoms with Crippen LogP contribution in [0, 0.1) is 10.1 Å². The summed E-state index contributed by atoms with van der Waals surface area (Å²) in [4.78, 5) is 24.7. The van der Waals surface area contributed by atoms with Crippen molar-refractivity contribution in [1.29, 1.82) is 0 Å². The number of nitro benzene ring substituents is 1. The quantitative estimate of drug-likeness (QED) is 0.479. The van der Waals surface area contributed by atoms with Crippen molar-refractivity contribution in [2.45, 2.75) is 30.6 Å². The molecule has 0 spiro atoms. The van der Waals surface area contributed by atoms with Gasteiger partial charge < -0.3 is 15.5 Å². The Morgan fingerprint density at radius 2 is 1.94 bits per heavy atom. The molecule has 11 heteroatoms. The fourth-order valence-electron chi connectivity index (χ4n) is 3.33. The molecule has 3 rings (SSSR count). The standard InChI is InChI=1S/C21H25N5O5S/c1-25-13-6-2-3-12-20(25)24-32(30,31)17-9-7-8-16(14-17)23-21(27)15-22-18-10-4-5-11-19(18)26(28)29/h4-5,7-11,14,22H,2-3,6,12-13,15H2,1H3,(H,23,27)/b24-20+. The van der Waals surface area contributed by atoms with E-state index in [-0.39, 0.29) is 28.5 Å². The van der Waals surface area contributed by atoms with Crippen LogP contribution in [0.5, 0.6) is 0 Å². The van der Waals surface area contributed by atoms with E-state index in [2.05, 4.69) is 15.0 Å². The van der Waals surface area contributed by atoms with Crippen molar-refractivity contribution in [3.05, 3.63) is 58.6 Å². The molecule has 1 heterocycles. The Morgan fingerprint density at radius 1 is 1.16 bits per heavy atom. The molecule has 32 heavy (non-hydrogen) atoms. The van der Waals surface area contributed by atoms with Crippen LogP contribution in [0.3, 0.4) is 0 Å². The summed E-state index contributed by atoms with van der Waals surface area (Å²) < 4.78 is 29.6. The van der Waals surface area contributed by atoms with Gasteiger partial charge in [0.1, 0.15) is 11.5 Å². The number of nitrogens with one attached hydrogen (secondary N) is 2. The van der Waals surface area contributed by atoms with Crippen molar-refractivity contribution in [1.82, 2.24) is 4.90 Å². The van der Waals surface area contributed by atoms with Gasteiger partial charge in [-0.05, 0) is 37.1 Å². The fourth-order valence-corrected chi connectivity index (χ4v) is 4.47. The van der Waals surface area contributed by atoms with Gasteiger partial charge in [0.15, 0.2) is 0 Å². The molecular weight excluding hydrogens is 434 g/mol. The fraction of sp³-hybridized carbons (Fsp3) is 0.333. The van der Waals surface area contributed by atoms with Gasteiger partial charge in [-0.15, -0.1) is 4.40 Å². The van der Waals surface area contributed by atoms with E-state index in [0.29, 0.717) is 12.3 Å². The van der Waals surface area contributed by atoms with Crippen LogP contribution in [-0.2, 0) is 14.8 Å². The lowest BCUT2D eigenvalue weighted by molar-refractivity contribution is -0.383. The molecule has 0 atom stereocenters. The Balaban J connectivity index is 1.69. The molecular formula is C21H25N5O5S. The van der Waals surface area contributed by atoms with Crippen LogP contribution in [0.1, 0.15) is 25.7 Å². The SMILES string of the molecule is CN1CCCCC/C1=N\S(=O)(=O)c1cccc(NC(=O)CNc2ccccc2[N+](=O)[O-])c1. The summed E-state index contributed by atoms with van der Waals surface area (Å²) in [5, 5.41) is 16.4. The number of hydrogen-bond acceptors (Lipinski definition) is 6. The molecule has 1 saturated heterocycles. The van der Waals surface area contributed by atoms with E-state index in [4.69, 9.17) is 0 Å². The maximum atomic E-state index is 12.8. The van der Waals surface area contributed by atoms with Gasteiger partial charge in [0.05, 0.1) is 16.4 Å². The van der Waals surface area contributed by atoms with E-state index in [1.54, 1.807) is 12.1 Å². The van der Waals surface area contributed by atoms with E-state index in [0.717, 1.165) is 25.8 Å². The monoisotopic (exact) mass is 459 g/mol. The minimum absolute atomic E-state index is 0.0212. The second kappa shape index (κ2) is 10.2. The van der Waals surface area contributed by atoms with E-state index in [1.165, 1.54) is 36.4 Å². The Kier molecular flexibility index (Phi) is 7.41. The highest BCUT2D eigenvalue weighted by molar-refractivity contribution is 7.90. The highest BCUT2D eigenvalue weighted by atomic mass is 32.2. The Labute approximate surface area is 186 Å². The predicted octanol–water partition coefficient (Wildman–Crippen LogP) is 3.24. The number of carbonyl (C=O) groups is 1. The molecule has 2 N–H and O–H groups in total. The average molecular weight is 460 g/mol. The van der Waals surface area contributed by atoms with Gasteiger partial charge >= 0.3 is 0 Å². The molecule has 0 unspecified atom stereocenters. The van der Waals surface area contributed by atoms with Crippen LogP contribution in [0.2, 0.25) is 0 Å². The Bertz CT molecular complexity index is 1130. The molecule has 2 aromatic carbocycles. The smallest absolute Gasteiger partial charge is 0.292 e. The second-order valence-electron chi connectivity index (χ2n) is 7.42. The molecule has 170 valence electrons. The zero-order chi connectivity index (χ0) is 23.1. The summed E-state index contributed by atoms with van der Waals surface area (Å²) in [7, 11) is -2.10. The highest BCUT2D eigenvalue weighted by Gasteiger charge is 2.19. The lowest BCUT2D eigenvalue weighted by atomic mass is 10.2. The number of likely N-dealkylation sites (tertiary alicyclic amines) is 1. The molecule has 0 aromatic heterocycles. The number of rotatable bonds is 7. The van der Waals surface area contributed by atoms with Crippen molar-refractivity contribution in [3.63, 3.8) is 0 Å². The van der Waals surface area contributed by atoms with Gasteiger partial charge in [0.2, 0.25) is 5.91 Å². The normalized spacial score (nSPS) is 15.8. The summed E-state index contributed by atoms with van der Waals surface area (Å²) >= 11 is 0. The molecule has 10 nitrogen and oxygen atoms in total. The maximum Gasteiger partial charge on any atom is 0.292 e. The number of amidine groups is 1. The molecule has 1 fully saturated rings. The summed E-state index contributed by atoms with van der Waals surface area (Å²) in [6, 6.07) is 11.8. The zero-order valence-corrected chi connectivity index (χ0v) is 18.5. The first kappa shape index (κ1) is 23.2. The number of hydrogen-bond donors (Lipinski definition) is 2. The summed E-state index contributed by atoms with van der Waals surface area (Å²) in [6.07, 6.45) is 3.52. The third kappa shape index (κ3) is 6.03. The highest BCUT2D eigenvalue weighted by Crippen LogP contribution is 2.23. The number of nitro groups is 1. The summed E-state index contributed by atoms with van der Waals surface area (Å²) in [5.41, 5.74) is 0.359. The molecule has 1 amide bonds. The van der Waals surface area contributed by atoms with Gasteiger partial charge in [0.25, 0.3) is 15.7 Å². The van der Waals surface area contributed by atoms with Crippen LogP contribution >= 0.6 is 0 Å². The largest absolute Gasteiger partial charge is 0.371 e. The average Bonchev–Trinajstić information content (AvgIpc) is 2.96. The van der Waals surface area contributed by atoms with Crippen LogP contribution in [0.4, 0.5) is 17.1 Å². The van der Waals surface area contributed by atoms with Crippen molar-refractivity contribution >= 4 is 38.8 Å². The van der Waals surface area contributed by atoms with Crippen LogP contribution in [-0.4, -0.2) is 50.1 Å². The second-order valence-corrected chi connectivity index (χ2v) is 9.02. The first-order valence-electron chi connectivity index (χ1n) is 10.2. The minimum atomic E-state index is -3.93. The first-order valence-corrected chi connectivity index (χ1v) is 11.6. The lowest BCUT2D eigenvalue weighted by Crippen LogP contribution is -2.27. The van der Waals surface area contributed by atoms with Gasteiger partial charge in [-0.25, -0.2) is 0 Å². The van der Waals surface area contributed by atoms with Crippen LogP contribution in [0.25, 0.3) is 0 Å². The van der Waals surface area contributed by atoms with Crippen molar-refractivity contribution in [2.24, 2.45) is 4.40 Å². The Morgan fingerprint density at radius 3 is 2.72 bits per heavy atom. The van der Waals surface area contributed by atoms with Gasteiger partial charge in [-0.1, -0.05) is 24.6 Å². The molecule has 0 bridgehead atoms. The van der Waals surface area contributed by atoms with Crippen LogP contribution in [0.15, 0.2) is 57.8 Å². The predicted molar refractivity (Wildman–Crippen MR) is 122 cm³/mol. The van der Waals surface area contributed by atoms with Gasteiger partial charge in [-0.2, -0.15) is 8.42 Å². The summed E-state index contributed by atoms with van der Waals surface area (Å²) in [5.74, 6) is 0.0538. The summed E-state index contributed by atoms with van der Waals surface area (Å²) in [6.45, 7) is 0.534. The molecule has 0 saturated carbocycles. The van der Waals surface area contributed by atoms with Crippen LogP contribution < -0.4 is 10.6 Å². The van der Waals surface area contributed by atoms with Crippen molar-refractivity contribution in [2.75, 3.05) is 30.8 Å². The first-order chi connectivity index (χ1) is 15.3. The molecule has 1 aliphatic heterocycles. The number of carbonyl (C=O) groups excluding carboxylic acids is 1. The number of amides is 1. The molecule has 0 aliphatic carbocycles. The molecule has 2 aromatic rings. The van der Waals surface area contributed by atoms with Gasteiger partial charge in [-0.3, -0.25) is 14.9 Å². The van der Waals surface area contributed by atoms with E-state index in [9.17, 15) is 23.3 Å². The van der Waals surface area contributed by atoms with E-state index < -0.39 is 20.9 Å². The van der Waals surface area contributed by atoms with Gasteiger partial charge in [0, 0.05) is 31.8 Å². The topological polar surface area (TPSA) is 134 Å². The number of nitrogens with zero attached hydrogens (tertiary/aromatic N) is 3. The number of para-hydroxylation sites is 2. The number of anilines is 2. The maximum absolute atomic E-state index is 12.8. The number of benzene rings is 2. The molecule has 1 aliphatic rings. The lowest BCUT2D eigenvalue weighted by Gasteiger charge is -2.17. The molecule has 0 radical (unpaired) electrons. The Hall–Kier alpha value is -3.47. The number of sulfonamides is 1. The van der Waals surface area contributed by atoms with Crippen molar-refractivity contribution < 1.29 is 18.1 Å². The minimum Gasteiger partial charge on any atom is -0.371 e. The zero-order valence-electron chi connectivity index (χ0n) is 17.7. The van der Waals surface area contributed by atoms with E-state index in [1.807, 2.05) is 11.9 Å².